The summed E-state index contributed by atoms with van der Waals surface area (Å²) in [6.45, 7) is 6.49. The van der Waals surface area contributed by atoms with Gasteiger partial charge in [0.1, 0.15) is 30.8 Å². The molecule has 286 valence electrons. The van der Waals surface area contributed by atoms with E-state index in [1.807, 2.05) is 44.2 Å². The van der Waals surface area contributed by atoms with Crippen LogP contribution in [-0.4, -0.2) is 68.7 Å². The Morgan fingerprint density at radius 3 is 2.38 bits per heavy atom. The first-order valence-corrected chi connectivity index (χ1v) is 18.5. The molecule has 55 heavy (non-hydrogen) atoms. The number of hydrogen-bond donors (Lipinski definition) is 4. The van der Waals surface area contributed by atoms with Gasteiger partial charge < -0.3 is 29.2 Å². The quantitative estimate of drug-likeness (QED) is 0.0867. The molecule has 1 unspecified atom stereocenters. The minimum Gasteiger partial charge on any atom is -0.488 e. The molecule has 1 aliphatic heterocycles. The minimum atomic E-state index is -1.19. The number of likely N-dealkylation sites (tertiary alicyclic amines) is 1. The molecule has 0 bridgehead atoms. The molecule has 0 amide bonds. The van der Waals surface area contributed by atoms with Gasteiger partial charge in [0.2, 0.25) is 11.8 Å². The van der Waals surface area contributed by atoms with Crippen LogP contribution in [0.15, 0.2) is 77.2 Å². The lowest BCUT2D eigenvalue weighted by Gasteiger charge is -2.29. The zero-order chi connectivity index (χ0) is 38.9. The van der Waals surface area contributed by atoms with Gasteiger partial charge in [-0.15, -0.1) is 10.2 Å². The van der Waals surface area contributed by atoms with E-state index in [9.17, 15) is 25.4 Å². The van der Waals surface area contributed by atoms with Crippen molar-refractivity contribution in [1.82, 2.24) is 20.4 Å². The van der Waals surface area contributed by atoms with Crippen LogP contribution >= 0.6 is 11.6 Å². The number of aliphatic carboxylic acids is 1. The molecule has 6 rings (SSSR count). The summed E-state index contributed by atoms with van der Waals surface area (Å²) >= 11 is 6.73. The lowest BCUT2D eigenvalue weighted by Crippen LogP contribution is -2.39. The van der Waals surface area contributed by atoms with Crippen molar-refractivity contribution in [3.05, 3.63) is 117 Å². The fourth-order valence-corrected chi connectivity index (χ4v) is 6.95. The van der Waals surface area contributed by atoms with E-state index in [-0.39, 0.29) is 26.4 Å². The van der Waals surface area contributed by atoms with Gasteiger partial charge in [-0.25, -0.2) is 0 Å². The summed E-state index contributed by atoms with van der Waals surface area (Å²) < 4.78 is 18.6. The van der Waals surface area contributed by atoms with Gasteiger partial charge in [0.25, 0.3) is 0 Å². The molecule has 5 aromatic rings. The second-order valence-corrected chi connectivity index (χ2v) is 14.1. The molecule has 4 N–H and O–H groups in total. The number of nitrogens with one attached hydrogen (secondary N) is 1. The Balaban J connectivity index is 1.20. The summed E-state index contributed by atoms with van der Waals surface area (Å²) in [5.74, 6) is 0.988. The number of piperidine rings is 1. The van der Waals surface area contributed by atoms with Gasteiger partial charge in [-0.05, 0) is 103 Å². The molecule has 4 aromatic carbocycles. The Hall–Kier alpha value is -5.29. The van der Waals surface area contributed by atoms with E-state index in [1.165, 1.54) is 0 Å². The Kier molecular flexibility index (Phi) is 13.2. The number of aromatic nitrogens is 2. The summed E-state index contributed by atoms with van der Waals surface area (Å²) in [4.78, 5) is 13.8. The number of rotatable bonds is 16. The molecule has 1 saturated heterocycles. The molecule has 12 nitrogen and oxygen atoms in total. The number of nitrogens with zero attached hydrogens (tertiary/aromatic N) is 4. The summed E-state index contributed by atoms with van der Waals surface area (Å²) in [7, 11) is 0. The van der Waals surface area contributed by atoms with Crippen LogP contribution in [-0.2, 0) is 31.1 Å². The van der Waals surface area contributed by atoms with E-state index in [2.05, 4.69) is 38.6 Å². The van der Waals surface area contributed by atoms with Crippen LogP contribution in [0.25, 0.3) is 22.6 Å². The standard InChI is InChI=1S/C42H44ClN5O7/c1-26-31(8-4-9-33(26)34-10-5-11-35(27(34)2)41-47-46-40(55-41)21-48-14-12-28(22-49)13-15-48)25-54-39-18-38(53-24-30-7-3-6-29(16-30)19-44)32(17-36(39)43)20-45-37(23-50)42(51)52/h3-11,16-18,28,37,45,49-50H,12-15,20-25H2,1-2H3,(H,51,52). The number of carboxylic acids is 1. The van der Waals surface area contributed by atoms with E-state index < -0.39 is 18.6 Å². The van der Waals surface area contributed by atoms with Gasteiger partial charge in [0.15, 0.2) is 0 Å². The third-order valence-corrected chi connectivity index (χ3v) is 10.4. The van der Waals surface area contributed by atoms with Crippen LogP contribution in [0, 0.1) is 31.1 Å². The smallest absolute Gasteiger partial charge is 0.323 e. The van der Waals surface area contributed by atoms with E-state index >= 15 is 0 Å². The van der Waals surface area contributed by atoms with Gasteiger partial charge >= 0.3 is 5.97 Å². The number of hydrogen-bond acceptors (Lipinski definition) is 11. The van der Waals surface area contributed by atoms with Crippen molar-refractivity contribution in [2.24, 2.45) is 5.92 Å². The van der Waals surface area contributed by atoms with Crippen molar-refractivity contribution in [3.8, 4) is 40.1 Å². The van der Waals surface area contributed by atoms with Crippen LogP contribution in [0.4, 0.5) is 0 Å². The molecule has 0 radical (unpaired) electrons. The number of benzene rings is 4. The molecular weight excluding hydrogens is 722 g/mol. The number of aliphatic hydroxyl groups excluding tert-OH is 2. The van der Waals surface area contributed by atoms with E-state index in [0.29, 0.717) is 51.9 Å². The number of carboxylic acid groups (broad SMARTS) is 1. The van der Waals surface area contributed by atoms with E-state index in [4.69, 9.17) is 25.5 Å². The van der Waals surface area contributed by atoms with Crippen LogP contribution in [0.5, 0.6) is 11.5 Å². The first-order valence-electron chi connectivity index (χ1n) is 18.2. The summed E-state index contributed by atoms with van der Waals surface area (Å²) in [6, 6.07) is 23.4. The van der Waals surface area contributed by atoms with Crippen molar-refractivity contribution in [3.63, 3.8) is 0 Å². The summed E-state index contributed by atoms with van der Waals surface area (Å²) in [6.07, 6.45) is 1.91. The van der Waals surface area contributed by atoms with Gasteiger partial charge in [0, 0.05) is 30.3 Å². The Bertz CT molecular complexity index is 2160. The van der Waals surface area contributed by atoms with Crippen LogP contribution in [0.2, 0.25) is 5.02 Å². The highest BCUT2D eigenvalue weighted by molar-refractivity contribution is 6.32. The monoisotopic (exact) mass is 765 g/mol. The Morgan fingerprint density at radius 2 is 1.65 bits per heavy atom. The van der Waals surface area contributed by atoms with Crippen LogP contribution in [0.3, 0.4) is 0 Å². The molecule has 0 saturated carbocycles. The lowest BCUT2D eigenvalue weighted by molar-refractivity contribution is -0.140. The van der Waals surface area contributed by atoms with Crippen molar-refractivity contribution in [2.45, 2.75) is 59.0 Å². The molecule has 1 fully saturated rings. The first-order chi connectivity index (χ1) is 26.7. The van der Waals surface area contributed by atoms with Crippen molar-refractivity contribution in [1.29, 1.82) is 5.26 Å². The first kappa shape index (κ1) is 39.4. The zero-order valence-electron chi connectivity index (χ0n) is 30.8. The number of aliphatic hydroxyl groups is 2. The Morgan fingerprint density at radius 1 is 0.945 bits per heavy atom. The molecule has 1 aliphatic rings. The van der Waals surface area contributed by atoms with Crippen molar-refractivity contribution >= 4 is 17.6 Å². The van der Waals surface area contributed by atoms with Crippen LogP contribution < -0.4 is 14.8 Å². The zero-order valence-corrected chi connectivity index (χ0v) is 31.6. The highest BCUT2D eigenvalue weighted by atomic mass is 35.5. The molecule has 1 atom stereocenters. The van der Waals surface area contributed by atoms with E-state index in [0.717, 1.165) is 64.9 Å². The van der Waals surface area contributed by atoms with Gasteiger partial charge in [-0.2, -0.15) is 5.26 Å². The number of carbonyl (C=O) groups is 1. The van der Waals surface area contributed by atoms with Gasteiger partial charge in [-0.1, -0.05) is 54.1 Å². The average molecular weight is 766 g/mol. The molecule has 2 heterocycles. The second-order valence-electron chi connectivity index (χ2n) is 13.7. The highest BCUT2D eigenvalue weighted by Crippen LogP contribution is 2.37. The molecular formula is C42H44ClN5O7. The maximum Gasteiger partial charge on any atom is 0.323 e. The minimum absolute atomic E-state index is 0.0554. The third kappa shape index (κ3) is 9.69. The fraction of sp³-hybridized carbons (Fsp3) is 0.333. The van der Waals surface area contributed by atoms with Crippen LogP contribution in [0.1, 0.15) is 52.1 Å². The SMILES string of the molecule is Cc1c(COc2cc(OCc3cccc(C#N)c3)c(CNC(CO)C(=O)O)cc2Cl)cccc1-c1cccc(-c2nnc(CN3CCC(CO)CC3)o2)c1C. The predicted molar refractivity (Wildman–Crippen MR) is 206 cm³/mol. The molecule has 0 aliphatic carbocycles. The summed E-state index contributed by atoms with van der Waals surface area (Å²) in [5, 5.41) is 49.6. The third-order valence-electron chi connectivity index (χ3n) is 10.1. The van der Waals surface area contributed by atoms with Crippen molar-refractivity contribution < 1.29 is 34.0 Å². The fourth-order valence-electron chi connectivity index (χ4n) is 6.70. The normalized spacial score (nSPS) is 14.0. The topological polar surface area (TPSA) is 174 Å². The average Bonchev–Trinajstić information content (AvgIpc) is 3.66. The number of halogens is 1. The number of nitriles is 1. The maximum atomic E-state index is 11.5. The molecule has 1 aromatic heterocycles. The highest BCUT2D eigenvalue weighted by Gasteiger charge is 2.22. The van der Waals surface area contributed by atoms with Crippen molar-refractivity contribution in [2.75, 3.05) is 26.3 Å². The second kappa shape index (κ2) is 18.4. The predicted octanol–water partition coefficient (Wildman–Crippen LogP) is 6.44. The molecule has 0 spiro atoms. The van der Waals surface area contributed by atoms with E-state index in [1.54, 1.807) is 30.3 Å². The Labute approximate surface area is 324 Å². The maximum absolute atomic E-state index is 11.5. The largest absolute Gasteiger partial charge is 0.488 e. The van der Waals surface area contributed by atoms with Gasteiger partial charge in [0.05, 0.1) is 29.8 Å². The number of ether oxygens (including phenoxy) is 2. The lowest BCUT2D eigenvalue weighted by atomic mass is 9.91. The van der Waals surface area contributed by atoms with Gasteiger partial charge in [-0.3, -0.25) is 15.0 Å². The summed E-state index contributed by atoms with van der Waals surface area (Å²) in [5.41, 5.74) is 7.72. The molecule has 13 heteroatoms.